The van der Waals surface area contributed by atoms with Crippen molar-refractivity contribution < 1.29 is 24.3 Å². The first-order valence-electron chi connectivity index (χ1n) is 5.63. The summed E-state index contributed by atoms with van der Waals surface area (Å²) in [4.78, 5) is 11.7. The number of hydrogen-bond acceptors (Lipinski definition) is 2. The molecule has 1 aliphatic rings. The topological polar surface area (TPSA) is 26.3 Å². The second-order valence-corrected chi connectivity index (χ2v) is 4.00. The van der Waals surface area contributed by atoms with Crippen LogP contribution in [0, 0.1) is 12.8 Å². The van der Waals surface area contributed by atoms with Gasteiger partial charge in [0.05, 0.1) is 11.7 Å². The summed E-state index contributed by atoms with van der Waals surface area (Å²) in [6.07, 6.45) is 3.14. The van der Waals surface area contributed by atoms with E-state index in [1.165, 1.54) is 14.8 Å². The first-order chi connectivity index (χ1) is 8.27. The van der Waals surface area contributed by atoms with Crippen molar-refractivity contribution >= 4 is 25.7 Å². The van der Waals surface area contributed by atoms with E-state index in [-0.39, 0.29) is 18.0 Å². The Labute approximate surface area is 123 Å². The van der Waals surface area contributed by atoms with Crippen LogP contribution in [0.25, 0.3) is 0 Å². The molecule has 2 atom stereocenters. The molecule has 0 radical (unpaired) electrons. The monoisotopic (exact) mass is 394 g/mol. The van der Waals surface area contributed by atoms with Crippen molar-refractivity contribution in [1.82, 2.24) is 0 Å². The molecule has 0 spiro atoms. The van der Waals surface area contributed by atoms with Gasteiger partial charge in [-0.1, -0.05) is 31.0 Å². The predicted molar refractivity (Wildman–Crippen MR) is 72.4 cm³/mol. The van der Waals surface area contributed by atoms with Gasteiger partial charge >= 0.3 is 40.5 Å². The van der Waals surface area contributed by atoms with E-state index in [0.29, 0.717) is 5.56 Å². The summed E-state index contributed by atoms with van der Waals surface area (Å²) >= 11 is 3.62. The maximum atomic E-state index is 11.7. The Balaban J connectivity index is 0.000000686. The van der Waals surface area contributed by atoms with Crippen LogP contribution in [0.5, 0.6) is 0 Å². The minimum absolute atomic E-state index is 0.0118. The summed E-state index contributed by atoms with van der Waals surface area (Å²) in [5.41, 5.74) is 0.622. The van der Waals surface area contributed by atoms with Crippen LogP contribution in [-0.2, 0) is 19.5 Å². The van der Waals surface area contributed by atoms with Gasteiger partial charge in [0.2, 0.25) is 0 Å². The number of halogens is 1. The van der Waals surface area contributed by atoms with Gasteiger partial charge in [-0.05, 0) is 18.6 Å². The fraction of sp³-hybridized carbons (Fsp3) is 0.385. The number of benzene rings is 1. The van der Waals surface area contributed by atoms with Crippen molar-refractivity contribution in [1.29, 1.82) is 0 Å². The molecule has 0 amide bonds. The fourth-order valence-electron chi connectivity index (χ4n) is 1.94. The zero-order valence-electron chi connectivity index (χ0n) is 9.77. The standard InChI is InChI=1S/C13H15O2.HI.Zn/c1-10-6-5-9-12(10)15-13(14)11-7-3-2-4-8-11;;/h2-4,7-8,10,12H,1,5-6,9H2;1H;/q-1;;+2/p-1/t10?,12-;;/m0../s1. The van der Waals surface area contributed by atoms with Crippen molar-refractivity contribution in [3.8, 4) is 0 Å². The molecule has 2 nitrogen and oxygen atoms in total. The summed E-state index contributed by atoms with van der Waals surface area (Å²) in [6, 6.07) is 9.11. The molecule has 1 saturated carbocycles. The van der Waals surface area contributed by atoms with Crippen LogP contribution in [0.4, 0.5) is 0 Å². The zero-order chi connectivity index (χ0) is 12.7. The van der Waals surface area contributed by atoms with Gasteiger partial charge in [-0.2, -0.15) is 0 Å². The molecule has 1 fully saturated rings. The third-order valence-electron chi connectivity index (χ3n) is 2.86. The first-order valence-corrected chi connectivity index (χ1v) is 14.7. The van der Waals surface area contributed by atoms with Crippen LogP contribution in [0.15, 0.2) is 30.3 Å². The van der Waals surface area contributed by atoms with Crippen molar-refractivity contribution in [2.45, 2.75) is 25.4 Å². The number of esters is 1. The quantitative estimate of drug-likeness (QED) is 0.330. The minimum atomic E-state index is -0.226. The van der Waals surface area contributed by atoms with Gasteiger partial charge in [-0.3, -0.25) is 0 Å². The van der Waals surface area contributed by atoms with Gasteiger partial charge in [0.15, 0.2) is 0 Å². The van der Waals surface area contributed by atoms with E-state index in [2.05, 4.69) is 26.7 Å². The molecule has 0 bridgehead atoms. The molecule has 4 heteroatoms. The molecule has 0 saturated heterocycles. The third kappa shape index (κ3) is 4.66. The van der Waals surface area contributed by atoms with Gasteiger partial charge in [0.25, 0.3) is 0 Å². The van der Waals surface area contributed by atoms with E-state index in [4.69, 9.17) is 4.74 Å². The number of carbonyl (C=O) groups excluding carboxylic acids is 1. The van der Waals surface area contributed by atoms with Gasteiger partial charge in [0, 0.05) is 0 Å². The Morgan fingerprint density at radius 2 is 1.94 bits per heavy atom. The van der Waals surface area contributed by atoms with Crippen molar-refractivity contribution in [3.05, 3.63) is 42.8 Å². The second kappa shape index (κ2) is 8.20. The van der Waals surface area contributed by atoms with E-state index in [0.717, 1.165) is 19.3 Å². The molecular formula is C13H15IO2Zn. The summed E-state index contributed by atoms with van der Waals surface area (Å²) in [7, 11) is 0. The van der Waals surface area contributed by atoms with Crippen LogP contribution in [-0.4, -0.2) is 12.1 Å². The number of carbonyl (C=O) groups is 1. The predicted octanol–water partition coefficient (Wildman–Crippen LogP) is 3.73. The van der Waals surface area contributed by atoms with Crippen LogP contribution < -0.4 is 0 Å². The maximum absolute atomic E-state index is 11.7. The second-order valence-electron chi connectivity index (χ2n) is 4.00. The van der Waals surface area contributed by atoms with Gasteiger partial charge in [0.1, 0.15) is 0 Å². The summed E-state index contributed by atoms with van der Waals surface area (Å²) in [5, 5.41) is 0. The molecule has 0 N–H and O–H groups in total. The molecule has 17 heavy (non-hydrogen) atoms. The number of hydrogen-bond donors (Lipinski definition) is 0. The zero-order valence-corrected chi connectivity index (χ0v) is 14.9. The first kappa shape index (κ1) is 15.1. The average molecular weight is 396 g/mol. The molecule has 88 valence electrons. The molecule has 1 aromatic carbocycles. The molecule has 0 heterocycles. The van der Waals surface area contributed by atoms with Crippen LogP contribution in [0.3, 0.4) is 0 Å². The number of rotatable bonds is 2. The summed E-state index contributed by atoms with van der Waals surface area (Å²) < 4.78 is 5.41. The molecule has 1 aliphatic carbocycles. The van der Waals surface area contributed by atoms with Gasteiger partial charge in [-0.15, -0.1) is 5.92 Å². The van der Waals surface area contributed by atoms with Crippen molar-refractivity contribution in [3.63, 3.8) is 0 Å². The third-order valence-corrected chi connectivity index (χ3v) is 2.86. The average Bonchev–Trinajstić information content (AvgIpc) is 2.79. The van der Waals surface area contributed by atoms with Crippen LogP contribution in [0.2, 0.25) is 0 Å². The summed E-state index contributed by atoms with van der Waals surface area (Å²) in [5.74, 6) is 0.0359. The molecule has 0 aliphatic heterocycles. The molecule has 1 unspecified atom stereocenters. The Morgan fingerprint density at radius 3 is 2.47 bits per heavy atom. The van der Waals surface area contributed by atoms with Crippen LogP contribution >= 0.6 is 19.8 Å². The Hall–Kier alpha value is 0.0434. The van der Waals surface area contributed by atoms with Crippen LogP contribution in [0.1, 0.15) is 29.6 Å². The molecule has 0 aromatic heterocycles. The van der Waals surface area contributed by atoms with E-state index in [9.17, 15) is 4.79 Å². The van der Waals surface area contributed by atoms with Crippen molar-refractivity contribution in [2.75, 3.05) is 0 Å². The SMILES string of the molecule is [CH2-]C1CCC[C@@H]1OC(=O)c1ccccc1.[Zn+][I]. The Kier molecular flexibility index (Phi) is 7.28. The number of ether oxygens (including phenoxy) is 1. The fourth-order valence-corrected chi connectivity index (χ4v) is 1.94. The Morgan fingerprint density at radius 1 is 1.29 bits per heavy atom. The normalized spacial score (nSPS) is 22.6. The Bertz CT molecular complexity index is 343. The molecular weight excluding hydrogens is 380 g/mol. The summed E-state index contributed by atoms with van der Waals surface area (Å²) in [6.45, 7) is 3.99. The van der Waals surface area contributed by atoms with E-state index < -0.39 is 0 Å². The van der Waals surface area contributed by atoms with Gasteiger partial charge < -0.3 is 11.7 Å². The van der Waals surface area contributed by atoms with E-state index in [1.807, 2.05) is 18.2 Å². The van der Waals surface area contributed by atoms with Crippen molar-refractivity contribution in [2.24, 2.45) is 5.92 Å². The molecule has 1 aromatic rings. The van der Waals surface area contributed by atoms with E-state index in [1.54, 1.807) is 12.1 Å². The van der Waals surface area contributed by atoms with Gasteiger partial charge in [-0.25, -0.2) is 4.79 Å². The molecule has 2 rings (SSSR count). The van der Waals surface area contributed by atoms with E-state index >= 15 is 0 Å².